The molecular formula is C20H25N5O2S. The van der Waals surface area contributed by atoms with Crippen LogP contribution < -0.4 is 10.0 Å². The Bertz CT molecular complexity index is 1060. The Morgan fingerprint density at radius 2 is 1.96 bits per heavy atom. The average molecular weight is 400 g/mol. The first-order valence-corrected chi connectivity index (χ1v) is 10.6. The number of benzene rings is 1. The van der Waals surface area contributed by atoms with Crippen LogP contribution in [0.25, 0.3) is 11.3 Å². The minimum atomic E-state index is -3.56. The summed E-state index contributed by atoms with van der Waals surface area (Å²) in [6.07, 6.45) is 6.45. The van der Waals surface area contributed by atoms with Gasteiger partial charge in [0.05, 0.1) is 16.9 Å². The van der Waals surface area contributed by atoms with Crippen molar-refractivity contribution in [2.75, 3.05) is 12.4 Å². The number of rotatable bonds is 7. The molecular weight excluding hydrogens is 374 g/mol. The zero-order valence-electron chi connectivity index (χ0n) is 16.5. The molecule has 148 valence electrons. The second kappa shape index (κ2) is 8.12. The molecule has 0 amide bonds. The van der Waals surface area contributed by atoms with Gasteiger partial charge in [-0.2, -0.15) is 0 Å². The van der Waals surface area contributed by atoms with E-state index in [9.17, 15) is 8.42 Å². The van der Waals surface area contributed by atoms with Crippen LogP contribution in [0.2, 0.25) is 0 Å². The molecule has 0 saturated heterocycles. The van der Waals surface area contributed by atoms with E-state index in [1.165, 1.54) is 12.6 Å². The maximum Gasteiger partial charge on any atom is 0.240 e. The number of sulfonamides is 1. The maximum atomic E-state index is 12.2. The third kappa shape index (κ3) is 4.23. The van der Waals surface area contributed by atoms with Crippen LogP contribution in [0.3, 0.4) is 0 Å². The molecule has 3 aromatic rings. The van der Waals surface area contributed by atoms with Crippen LogP contribution in [-0.4, -0.2) is 30.0 Å². The Balaban J connectivity index is 2.00. The highest BCUT2D eigenvalue weighted by Crippen LogP contribution is 2.31. The molecule has 1 aromatic carbocycles. The van der Waals surface area contributed by atoms with Gasteiger partial charge in [0.15, 0.2) is 0 Å². The quantitative estimate of drug-likeness (QED) is 0.633. The molecule has 0 fully saturated rings. The van der Waals surface area contributed by atoms with E-state index in [0.29, 0.717) is 23.0 Å². The molecule has 0 aliphatic rings. The van der Waals surface area contributed by atoms with E-state index in [1.54, 1.807) is 24.5 Å². The van der Waals surface area contributed by atoms with E-state index < -0.39 is 10.0 Å². The summed E-state index contributed by atoms with van der Waals surface area (Å²) in [6, 6.07) is 8.91. The van der Waals surface area contributed by atoms with Gasteiger partial charge in [0.25, 0.3) is 0 Å². The van der Waals surface area contributed by atoms with Crippen molar-refractivity contribution in [2.24, 2.45) is 7.05 Å². The fourth-order valence-corrected chi connectivity index (χ4v) is 3.58. The van der Waals surface area contributed by atoms with Crippen LogP contribution in [0.15, 0.2) is 53.9 Å². The molecule has 2 heterocycles. The molecule has 1 atom stereocenters. The van der Waals surface area contributed by atoms with E-state index in [1.807, 2.05) is 30.1 Å². The number of hydrogen-bond donors (Lipinski definition) is 2. The van der Waals surface area contributed by atoms with Crippen LogP contribution in [0.5, 0.6) is 0 Å². The molecule has 0 saturated carbocycles. The Hall–Kier alpha value is -2.71. The van der Waals surface area contributed by atoms with Crippen molar-refractivity contribution >= 4 is 21.5 Å². The molecule has 2 aromatic heterocycles. The van der Waals surface area contributed by atoms with Gasteiger partial charge in [-0.25, -0.2) is 23.1 Å². The molecule has 0 spiro atoms. The Morgan fingerprint density at radius 1 is 1.18 bits per heavy atom. The molecule has 0 radical (unpaired) electrons. The first-order chi connectivity index (χ1) is 13.3. The molecule has 0 bridgehead atoms. The molecule has 2 N–H and O–H groups in total. The van der Waals surface area contributed by atoms with Gasteiger partial charge in [-0.15, -0.1) is 0 Å². The Labute approximate surface area is 165 Å². The number of aryl methyl sites for hydroxylation is 1. The highest BCUT2D eigenvalue weighted by Gasteiger charge is 2.17. The topological polar surface area (TPSA) is 88.9 Å². The van der Waals surface area contributed by atoms with Crippen molar-refractivity contribution in [3.63, 3.8) is 0 Å². The van der Waals surface area contributed by atoms with Crippen molar-refractivity contribution in [1.82, 2.24) is 19.3 Å². The zero-order chi connectivity index (χ0) is 20.3. The van der Waals surface area contributed by atoms with Gasteiger partial charge < -0.3 is 9.88 Å². The minimum absolute atomic E-state index is 0.182. The third-order valence-electron chi connectivity index (χ3n) is 4.78. The summed E-state index contributed by atoms with van der Waals surface area (Å²) in [5.74, 6) is 1.14. The van der Waals surface area contributed by atoms with Crippen LogP contribution in [0, 0.1) is 0 Å². The normalized spacial score (nSPS) is 12.7. The van der Waals surface area contributed by atoms with E-state index in [4.69, 9.17) is 0 Å². The number of anilines is 2. The summed E-state index contributed by atoms with van der Waals surface area (Å²) in [7, 11) is -0.296. The van der Waals surface area contributed by atoms with Gasteiger partial charge in [0, 0.05) is 30.7 Å². The van der Waals surface area contributed by atoms with Crippen molar-refractivity contribution in [3.8, 4) is 11.3 Å². The summed E-state index contributed by atoms with van der Waals surface area (Å²) in [4.78, 5) is 9.06. The number of nitrogens with one attached hydrogen (secondary N) is 2. The van der Waals surface area contributed by atoms with Crippen molar-refractivity contribution in [1.29, 1.82) is 0 Å². The van der Waals surface area contributed by atoms with E-state index in [-0.39, 0.29) is 4.90 Å². The lowest BCUT2D eigenvalue weighted by Crippen LogP contribution is -2.18. The lowest BCUT2D eigenvalue weighted by molar-refractivity contribution is 0.588. The van der Waals surface area contributed by atoms with E-state index >= 15 is 0 Å². The van der Waals surface area contributed by atoms with Gasteiger partial charge in [-0.1, -0.05) is 19.9 Å². The maximum absolute atomic E-state index is 12.2. The lowest BCUT2D eigenvalue weighted by atomic mass is 10.0. The number of nitrogens with zero attached hydrogens (tertiary/aromatic N) is 3. The molecule has 0 aliphatic carbocycles. The van der Waals surface area contributed by atoms with Gasteiger partial charge in [0.1, 0.15) is 5.82 Å². The molecule has 7 nitrogen and oxygen atoms in total. The van der Waals surface area contributed by atoms with E-state index in [0.717, 1.165) is 12.1 Å². The number of imidazole rings is 1. The second-order valence-corrected chi connectivity index (χ2v) is 8.64. The first-order valence-electron chi connectivity index (χ1n) is 9.13. The lowest BCUT2D eigenvalue weighted by Gasteiger charge is -2.14. The summed E-state index contributed by atoms with van der Waals surface area (Å²) < 4.78 is 28.6. The van der Waals surface area contributed by atoms with Crippen LogP contribution in [0.1, 0.15) is 31.7 Å². The summed E-state index contributed by atoms with van der Waals surface area (Å²) >= 11 is 0. The first kappa shape index (κ1) is 20.0. The van der Waals surface area contributed by atoms with Crippen molar-refractivity contribution in [3.05, 3.63) is 54.6 Å². The fraction of sp³-hybridized carbons (Fsp3) is 0.300. The summed E-state index contributed by atoms with van der Waals surface area (Å²) in [6.45, 7) is 4.32. The monoisotopic (exact) mass is 399 g/mol. The van der Waals surface area contributed by atoms with Crippen molar-refractivity contribution < 1.29 is 8.42 Å². The second-order valence-electron chi connectivity index (χ2n) is 6.75. The Morgan fingerprint density at radius 3 is 2.54 bits per heavy atom. The molecule has 3 rings (SSSR count). The smallest absolute Gasteiger partial charge is 0.240 e. The van der Waals surface area contributed by atoms with Gasteiger partial charge in [-0.05, 0) is 49.2 Å². The van der Waals surface area contributed by atoms with Crippen LogP contribution in [-0.2, 0) is 17.1 Å². The number of hydrogen-bond acceptors (Lipinski definition) is 5. The molecule has 8 heteroatoms. The highest BCUT2D eigenvalue weighted by atomic mass is 32.2. The molecule has 28 heavy (non-hydrogen) atoms. The zero-order valence-corrected chi connectivity index (χ0v) is 17.3. The van der Waals surface area contributed by atoms with Gasteiger partial charge >= 0.3 is 0 Å². The summed E-state index contributed by atoms with van der Waals surface area (Å²) in [5, 5.41) is 3.29. The number of pyridine rings is 1. The minimum Gasteiger partial charge on any atom is -0.340 e. The predicted molar refractivity (Wildman–Crippen MR) is 111 cm³/mol. The largest absolute Gasteiger partial charge is 0.340 e. The average Bonchev–Trinajstić information content (AvgIpc) is 3.14. The standard InChI is InChI=1S/C20H25N5O2S/c1-5-14(2)15-6-9-20(22-11-15)24-18-8-7-16(28(26,27)21-3)10-17(18)19-12-25(4)13-23-19/h6-14,21H,5H2,1-4H3,(H,22,24)/t14-/m0/s1. The van der Waals surface area contributed by atoms with Gasteiger partial charge in [0.2, 0.25) is 10.0 Å². The third-order valence-corrected chi connectivity index (χ3v) is 6.19. The van der Waals surface area contributed by atoms with Gasteiger partial charge in [-0.3, -0.25) is 0 Å². The van der Waals surface area contributed by atoms with Crippen LogP contribution >= 0.6 is 0 Å². The number of aromatic nitrogens is 3. The van der Waals surface area contributed by atoms with Crippen molar-refractivity contribution in [2.45, 2.75) is 31.1 Å². The fourth-order valence-electron chi connectivity index (χ4n) is 2.83. The van der Waals surface area contributed by atoms with Crippen LogP contribution in [0.4, 0.5) is 11.5 Å². The predicted octanol–water partition coefficient (Wildman–Crippen LogP) is 3.65. The Kier molecular flexibility index (Phi) is 5.81. The van der Waals surface area contributed by atoms with E-state index in [2.05, 4.69) is 39.9 Å². The SMILES string of the molecule is CC[C@H](C)c1ccc(Nc2ccc(S(=O)(=O)NC)cc2-c2cn(C)cn2)nc1. The summed E-state index contributed by atoms with van der Waals surface area (Å²) in [5.41, 5.74) is 3.28. The molecule has 0 aliphatic heterocycles. The molecule has 0 unspecified atom stereocenters. The highest BCUT2D eigenvalue weighted by molar-refractivity contribution is 7.89.